The Kier molecular flexibility index (Phi) is 9.36. The predicted octanol–water partition coefficient (Wildman–Crippen LogP) is 1.12. The van der Waals surface area contributed by atoms with E-state index in [0.717, 1.165) is 5.56 Å². The lowest BCUT2D eigenvalue weighted by Gasteiger charge is -2.24. The molecule has 0 spiro atoms. The van der Waals surface area contributed by atoms with E-state index in [4.69, 9.17) is 5.73 Å². The van der Waals surface area contributed by atoms with Crippen LogP contribution in [0.25, 0.3) is 0 Å². The molecular formula is C19H30N4O3. The van der Waals surface area contributed by atoms with Crippen molar-refractivity contribution in [3.8, 4) is 0 Å². The average Bonchev–Trinajstić information content (AvgIpc) is 2.57. The van der Waals surface area contributed by atoms with Gasteiger partial charge in [0.2, 0.25) is 5.91 Å². The minimum atomic E-state index is -0.600. The van der Waals surface area contributed by atoms with Crippen LogP contribution in [0.5, 0.6) is 0 Å². The van der Waals surface area contributed by atoms with Crippen molar-refractivity contribution in [3.63, 3.8) is 0 Å². The van der Waals surface area contributed by atoms with Crippen LogP contribution in [0.2, 0.25) is 0 Å². The first-order valence-electron chi connectivity index (χ1n) is 8.93. The molecule has 7 heteroatoms. The smallest absolute Gasteiger partial charge is 0.312 e. The molecule has 0 aliphatic carbocycles. The van der Waals surface area contributed by atoms with Gasteiger partial charge in [0.1, 0.15) is 0 Å². The molecule has 144 valence electrons. The van der Waals surface area contributed by atoms with Crippen molar-refractivity contribution < 1.29 is 14.4 Å². The monoisotopic (exact) mass is 362 g/mol. The van der Waals surface area contributed by atoms with Gasteiger partial charge < -0.3 is 21.7 Å². The van der Waals surface area contributed by atoms with Gasteiger partial charge in [0.05, 0.1) is 12.1 Å². The number of rotatable bonds is 11. The highest BCUT2D eigenvalue weighted by atomic mass is 16.2. The topological polar surface area (TPSA) is 113 Å². The van der Waals surface area contributed by atoms with E-state index >= 15 is 0 Å². The van der Waals surface area contributed by atoms with Crippen LogP contribution in [0.3, 0.4) is 0 Å². The highest BCUT2D eigenvalue weighted by molar-refractivity contribution is 5.89. The second-order valence-electron chi connectivity index (χ2n) is 6.67. The zero-order chi connectivity index (χ0) is 19.5. The molecule has 0 radical (unpaired) electrons. The predicted molar refractivity (Wildman–Crippen MR) is 102 cm³/mol. The summed E-state index contributed by atoms with van der Waals surface area (Å²) in [6.45, 7) is 5.77. The number of ketones is 1. The van der Waals surface area contributed by atoms with Crippen LogP contribution in [0.15, 0.2) is 30.3 Å². The third-order valence-corrected chi connectivity index (χ3v) is 3.91. The maximum Gasteiger partial charge on any atom is 0.312 e. The highest BCUT2D eigenvalue weighted by Crippen LogP contribution is 2.06. The number of urea groups is 1. The Hall–Kier alpha value is -2.41. The molecule has 26 heavy (non-hydrogen) atoms. The molecule has 0 saturated heterocycles. The second kappa shape index (κ2) is 11.3. The fraction of sp³-hybridized carbons (Fsp3) is 0.526. The van der Waals surface area contributed by atoms with Crippen molar-refractivity contribution in [2.75, 3.05) is 6.54 Å². The van der Waals surface area contributed by atoms with Crippen LogP contribution >= 0.6 is 0 Å². The lowest BCUT2D eigenvalue weighted by molar-refractivity contribution is -0.128. The maximum atomic E-state index is 12.7. The third-order valence-electron chi connectivity index (χ3n) is 3.91. The first-order valence-corrected chi connectivity index (χ1v) is 8.93. The van der Waals surface area contributed by atoms with Crippen molar-refractivity contribution in [1.29, 1.82) is 0 Å². The maximum absolute atomic E-state index is 12.7. The van der Waals surface area contributed by atoms with Crippen LogP contribution in [0.4, 0.5) is 4.79 Å². The van der Waals surface area contributed by atoms with Crippen molar-refractivity contribution in [2.45, 2.75) is 58.2 Å². The molecule has 7 nitrogen and oxygen atoms in total. The number of carbonyl (C=O) groups is 3. The van der Waals surface area contributed by atoms with Gasteiger partial charge in [-0.2, -0.15) is 0 Å². The Morgan fingerprint density at radius 3 is 2.27 bits per heavy atom. The molecule has 0 saturated carbocycles. The summed E-state index contributed by atoms with van der Waals surface area (Å²) < 4.78 is 0. The van der Waals surface area contributed by atoms with Gasteiger partial charge >= 0.3 is 6.03 Å². The van der Waals surface area contributed by atoms with Gasteiger partial charge in [-0.1, -0.05) is 44.2 Å². The number of nitrogens with two attached hydrogens (primary N) is 1. The minimum absolute atomic E-state index is 0.111. The number of carbonyl (C=O) groups excluding carboxylic acids is 3. The van der Waals surface area contributed by atoms with Crippen LogP contribution in [-0.2, 0) is 16.0 Å². The Morgan fingerprint density at radius 2 is 1.73 bits per heavy atom. The molecule has 0 heterocycles. The lowest BCUT2D eigenvalue weighted by atomic mass is 10.0. The van der Waals surface area contributed by atoms with Gasteiger partial charge in [0.15, 0.2) is 5.78 Å². The van der Waals surface area contributed by atoms with Gasteiger partial charge in [-0.3, -0.25) is 9.59 Å². The highest BCUT2D eigenvalue weighted by Gasteiger charge is 2.24. The van der Waals surface area contributed by atoms with Crippen LogP contribution in [0.1, 0.15) is 39.2 Å². The van der Waals surface area contributed by atoms with E-state index in [1.807, 2.05) is 44.2 Å². The molecular weight excluding hydrogens is 332 g/mol. The normalized spacial score (nSPS) is 13.1. The number of nitrogens with one attached hydrogen (secondary N) is 3. The van der Waals surface area contributed by atoms with Gasteiger partial charge in [0.25, 0.3) is 0 Å². The second-order valence-corrected chi connectivity index (χ2v) is 6.67. The summed E-state index contributed by atoms with van der Waals surface area (Å²) in [4.78, 5) is 35.3. The van der Waals surface area contributed by atoms with E-state index in [0.29, 0.717) is 25.8 Å². The van der Waals surface area contributed by atoms with E-state index in [1.54, 1.807) is 0 Å². The molecule has 5 N–H and O–H groups in total. The van der Waals surface area contributed by atoms with Crippen molar-refractivity contribution >= 4 is 17.7 Å². The molecule has 0 aliphatic heterocycles. The van der Waals surface area contributed by atoms with Gasteiger partial charge in [-0.25, -0.2) is 4.79 Å². The van der Waals surface area contributed by atoms with E-state index in [-0.39, 0.29) is 17.7 Å². The van der Waals surface area contributed by atoms with E-state index < -0.39 is 18.1 Å². The Morgan fingerprint density at radius 1 is 1.08 bits per heavy atom. The molecule has 1 aromatic rings. The van der Waals surface area contributed by atoms with Crippen molar-refractivity contribution in [1.82, 2.24) is 16.0 Å². The molecule has 1 aromatic carbocycles. The number of Topliss-reactive ketones (excluding diaryl/α,β-unsaturated/α-hetero) is 1. The van der Waals surface area contributed by atoms with E-state index in [1.165, 1.54) is 6.92 Å². The quantitative estimate of drug-likeness (QED) is 0.442. The van der Waals surface area contributed by atoms with Crippen LogP contribution in [-0.4, -0.2) is 42.4 Å². The summed E-state index contributed by atoms with van der Waals surface area (Å²) in [6, 6.07) is 8.27. The summed E-state index contributed by atoms with van der Waals surface area (Å²) in [5.41, 5.74) is 6.06. The summed E-state index contributed by atoms with van der Waals surface area (Å²) in [7, 11) is 0. The van der Waals surface area contributed by atoms with Crippen molar-refractivity contribution in [3.05, 3.63) is 35.9 Å². The molecule has 0 aliphatic rings. The third kappa shape index (κ3) is 8.62. The summed E-state index contributed by atoms with van der Waals surface area (Å²) in [5.74, 6) is -0.314. The Labute approximate surface area is 155 Å². The number of hydrogen-bond acceptors (Lipinski definition) is 4. The standard InChI is InChI=1S/C19H30N4O3/c1-13(2)22-17(12-15-8-5-4-6-9-15)18(25)23-16(14(3)24)10-7-11-21-19(20)26/h4-6,8-9,13,16-17,22H,7,10-12H2,1-3H3,(H,23,25)(H3,20,21,26)/t16-,17-/m0/s1. The average molecular weight is 362 g/mol. The number of amides is 3. The number of hydrogen-bond donors (Lipinski definition) is 4. The zero-order valence-electron chi connectivity index (χ0n) is 15.7. The number of primary amides is 1. The Balaban J connectivity index is 2.68. The lowest BCUT2D eigenvalue weighted by Crippen LogP contribution is -2.52. The van der Waals surface area contributed by atoms with E-state index in [9.17, 15) is 14.4 Å². The van der Waals surface area contributed by atoms with Gasteiger partial charge in [-0.15, -0.1) is 0 Å². The summed E-state index contributed by atoms with van der Waals surface area (Å²) in [6.07, 6.45) is 1.54. The molecule has 2 atom stereocenters. The minimum Gasteiger partial charge on any atom is -0.352 e. The molecule has 1 rings (SSSR count). The summed E-state index contributed by atoms with van der Waals surface area (Å²) in [5, 5.41) is 8.57. The Bertz CT molecular complexity index is 590. The van der Waals surface area contributed by atoms with E-state index in [2.05, 4.69) is 16.0 Å². The zero-order valence-corrected chi connectivity index (χ0v) is 15.7. The first kappa shape index (κ1) is 21.6. The van der Waals surface area contributed by atoms with Gasteiger partial charge in [-0.05, 0) is 31.7 Å². The summed E-state index contributed by atoms with van der Waals surface area (Å²) >= 11 is 0. The van der Waals surface area contributed by atoms with Crippen LogP contribution < -0.4 is 21.7 Å². The first-order chi connectivity index (χ1) is 12.3. The molecule has 3 amide bonds. The van der Waals surface area contributed by atoms with Crippen molar-refractivity contribution in [2.24, 2.45) is 5.73 Å². The number of benzene rings is 1. The SMILES string of the molecule is CC(=O)[C@H](CCCNC(N)=O)NC(=O)[C@H](Cc1ccccc1)NC(C)C. The fourth-order valence-electron chi connectivity index (χ4n) is 2.65. The fourth-order valence-corrected chi connectivity index (χ4v) is 2.65. The van der Waals surface area contributed by atoms with Gasteiger partial charge in [0, 0.05) is 12.6 Å². The van der Waals surface area contributed by atoms with Crippen LogP contribution in [0, 0.1) is 0 Å². The molecule has 0 fully saturated rings. The molecule has 0 unspecified atom stereocenters. The largest absolute Gasteiger partial charge is 0.352 e. The molecule has 0 aromatic heterocycles. The molecule has 0 bridgehead atoms.